The predicted molar refractivity (Wildman–Crippen MR) is 85.2 cm³/mol. The molecule has 1 aliphatic heterocycles. The number of hydrogen-bond acceptors (Lipinski definition) is 2. The summed E-state index contributed by atoms with van der Waals surface area (Å²) in [5.41, 5.74) is 5.92. The Labute approximate surface area is 127 Å². The van der Waals surface area contributed by atoms with E-state index in [0.29, 0.717) is 24.8 Å². The maximum atomic E-state index is 11.4. The van der Waals surface area contributed by atoms with Crippen LogP contribution in [0.25, 0.3) is 0 Å². The van der Waals surface area contributed by atoms with Gasteiger partial charge in [-0.3, -0.25) is 9.79 Å². The summed E-state index contributed by atoms with van der Waals surface area (Å²) in [5, 5.41) is 0. The third-order valence-corrected chi connectivity index (χ3v) is 3.08. The molecule has 0 radical (unpaired) electrons. The molecule has 2 N–H and O–H groups in total. The highest BCUT2D eigenvalue weighted by molar-refractivity contribution is 14.0. The Hall–Kier alpha value is -0.530. The summed E-state index contributed by atoms with van der Waals surface area (Å²) < 4.78 is 0. The van der Waals surface area contributed by atoms with Gasteiger partial charge < -0.3 is 15.5 Å². The second kappa shape index (κ2) is 8.55. The van der Waals surface area contributed by atoms with Gasteiger partial charge in [0.2, 0.25) is 5.91 Å². The van der Waals surface area contributed by atoms with Gasteiger partial charge in [0.25, 0.3) is 0 Å². The molecule has 1 unspecified atom stereocenters. The molecule has 5 nitrogen and oxygen atoms in total. The van der Waals surface area contributed by atoms with Crippen LogP contribution in [-0.2, 0) is 4.79 Å². The predicted octanol–water partition coefficient (Wildman–Crippen LogP) is 1.13. The summed E-state index contributed by atoms with van der Waals surface area (Å²) in [6.07, 6.45) is 2.87. The van der Waals surface area contributed by atoms with Gasteiger partial charge >= 0.3 is 0 Å². The van der Waals surface area contributed by atoms with Gasteiger partial charge in [-0.15, -0.1) is 24.0 Å². The van der Waals surface area contributed by atoms with Gasteiger partial charge in [-0.05, 0) is 18.8 Å². The molecule has 1 fully saturated rings. The Bertz CT molecular complexity index is 294. The zero-order chi connectivity index (χ0) is 12.8. The molecule has 0 aliphatic carbocycles. The SMILES string of the molecule is CC1CCCN(C(N)=NCCC(=O)N(C)C)C1.I. The fourth-order valence-electron chi connectivity index (χ4n) is 1.99. The van der Waals surface area contributed by atoms with Gasteiger partial charge in [-0.25, -0.2) is 0 Å². The minimum Gasteiger partial charge on any atom is -0.370 e. The first-order valence-corrected chi connectivity index (χ1v) is 6.25. The normalized spacial score (nSPS) is 20.3. The maximum absolute atomic E-state index is 11.4. The lowest BCUT2D eigenvalue weighted by Gasteiger charge is -2.31. The van der Waals surface area contributed by atoms with Gasteiger partial charge in [0.1, 0.15) is 0 Å². The van der Waals surface area contributed by atoms with E-state index < -0.39 is 0 Å². The van der Waals surface area contributed by atoms with Crippen LogP contribution < -0.4 is 5.73 Å². The van der Waals surface area contributed by atoms with Crippen LogP contribution >= 0.6 is 24.0 Å². The molecule has 0 aromatic carbocycles. The molecule has 1 saturated heterocycles. The van der Waals surface area contributed by atoms with Gasteiger partial charge in [0.15, 0.2) is 5.96 Å². The van der Waals surface area contributed by atoms with E-state index >= 15 is 0 Å². The monoisotopic (exact) mass is 368 g/mol. The number of hydrogen-bond donors (Lipinski definition) is 1. The Morgan fingerprint density at radius 1 is 1.50 bits per heavy atom. The van der Waals surface area contributed by atoms with Crippen LogP contribution in [0, 0.1) is 5.92 Å². The fourth-order valence-corrected chi connectivity index (χ4v) is 1.99. The molecule has 18 heavy (non-hydrogen) atoms. The van der Waals surface area contributed by atoms with Crippen molar-refractivity contribution in [2.45, 2.75) is 26.2 Å². The largest absolute Gasteiger partial charge is 0.370 e. The van der Waals surface area contributed by atoms with Crippen molar-refractivity contribution in [2.75, 3.05) is 33.7 Å². The zero-order valence-corrected chi connectivity index (χ0v) is 13.9. The van der Waals surface area contributed by atoms with Crippen LogP contribution in [0.15, 0.2) is 4.99 Å². The van der Waals surface area contributed by atoms with Crippen molar-refractivity contribution < 1.29 is 4.79 Å². The lowest BCUT2D eigenvalue weighted by molar-refractivity contribution is -0.128. The number of amides is 1. The highest BCUT2D eigenvalue weighted by Gasteiger charge is 2.17. The Kier molecular flexibility index (Phi) is 8.30. The summed E-state index contributed by atoms with van der Waals surface area (Å²) in [5.74, 6) is 1.36. The van der Waals surface area contributed by atoms with Crippen molar-refractivity contribution in [3.63, 3.8) is 0 Å². The topological polar surface area (TPSA) is 61.9 Å². The Morgan fingerprint density at radius 3 is 2.72 bits per heavy atom. The zero-order valence-electron chi connectivity index (χ0n) is 11.6. The van der Waals surface area contributed by atoms with Crippen LogP contribution in [0.1, 0.15) is 26.2 Å². The van der Waals surface area contributed by atoms with Crippen LogP contribution in [0.4, 0.5) is 0 Å². The summed E-state index contributed by atoms with van der Waals surface area (Å²) in [7, 11) is 3.50. The highest BCUT2D eigenvalue weighted by atomic mass is 127. The van der Waals surface area contributed by atoms with Gasteiger partial charge in [-0.1, -0.05) is 6.92 Å². The summed E-state index contributed by atoms with van der Waals surface area (Å²) in [6, 6.07) is 0. The van der Waals surface area contributed by atoms with Crippen molar-refractivity contribution in [1.29, 1.82) is 0 Å². The van der Waals surface area contributed by atoms with Crippen molar-refractivity contribution in [3.05, 3.63) is 0 Å². The number of carbonyl (C=O) groups excluding carboxylic acids is 1. The maximum Gasteiger partial charge on any atom is 0.223 e. The Morgan fingerprint density at radius 2 is 2.17 bits per heavy atom. The van der Waals surface area contributed by atoms with Crippen molar-refractivity contribution in [1.82, 2.24) is 9.80 Å². The molecule has 1 atom stereocenters. The molecule has 1 rings (SSSR count). The van der Waals surface area contributed by atoms with Crippen LogP contribution in [0.3, 0.4) is 0 Å². The highest BCUT2D eigenvalue weighted by Crippen LogP contribution is 2.14. The second-order valence-electron chi connectivity index (χ2n) is 4.97. The smallest absolute Gasteiger partial charge is 0.223 e. The van der Waals surface area contributed by atoms with E-state index in [2.05, 4.69) is 16.8 Å². The molecule has 0 bridgehead atoms. The average molecular weight is 368 g/mol. The molecule has 6 heteroatoms. The first-order chi connectivity index (χ1) is 8.00. The molecule has 0 spiro atoms. The second-order valence-corrected chi connectivity index (χ2v) is 4.97. The average Bonchev–Trinajstić information content (AvgIpc) is 2.28. The number of aliphatic imine (C=N–C) groups is 1. The number of nitrogens with two attached hydrogens (primary N) is 1. The quantitative estimate of drug-likeness (QED) is 0.462. The lowest BCUT2D eigenvalue weighted by Crippen LogP contribution is -2.43. The van der Waals surface area contributed by atoms with E-state index in [-0.39, 0.29) is 29.9 Å². The van der Waals surface area contributed by atoms with E-state index in [4.69, 9.17) is 5.73 Å². The summed E-state index contributed by atoms with van der Waals surface area (Å²) >= 11 is 0. The van der Waals surface area contributed by atoms with E-state index in [9.17, 15) is 4.79 Å². The number of rotatable bonds is 3. The number of carbonyl (C=O) groups is 1. The first-order valence-electron chi connectivity index (χ1n) is 6.25. The molecule has 0 aromatic rings. The third-order valence-electron chi connectivity index (χ3n) is 3.08. The van der Waals surface area contributed by atoms with Crippen LogP contribution in [-0.4, -0.2) is 55.4 Å². The summed E-state index contributed by atoms with van der Waals surface area (Å²) in [4.78, 5) is 19.3. The van der Waals surface area contributed by atoms with E-state index in [1.54, 1.807) is 19.0 Å². The van der Waals surface area contributed by atoms with E-state index in [1.807, 2.05) is 0 Å². The molecule has 1 amide bonds. The Balaban J connectivity index is 0.00000289. The molecule has 1 aliphatic rings. The summed E-state index contributed by atoms with van der Waals surface area (Å²) in [6.45, 7) is 4.68. The van der Waals surface area contributed by atoms with Crippen LogP contribution in [0.2, 0.25) is 0 Å². The lowest BCUT2D eigenvalue weighted by atomic mass is 10.0. The van der Waals surface area contributed by atoms with Gasteiger partial charge in [0, 0.05) is 33.6 Å². The number of likely N-dealkylation sites (tertiary alicyclic amines) is 1. The van der Waals surface area contributed by atoms with Crippen molar-refractivity contribution in [3.8, 4) is 0 Å². The van der Waals surface area contributed by atoms with E-state index in [0.717, 1.165) is 13.1 Å². The van der Waals surface area contributed by atoms with Crippen LogP contribution in [0.5, 0.6) is 0 Å². The minimum absolute atomic E-state index is 0. The van der Waals surface area contributed by atoms with Crippen molar-refractivity contribution in [2.24, 2.45) is 16.6 Å². The molecule has 0 aromatic heterocycles. The van der Waals surface area contributed by atoms with Gasteiger partial charge in [0.05, 0.1) is 6.54 Å². The molecule has 1 heterocycles. The molecular formula is C12H25IN4O. The number of guanidine groups is 1. The van der Waals surface area contributed by atoms with E-state index in [1.165, 1.54) is 12.8 Å². The van der Waals surface area contributed by atoms with Crippen molar-refractivity contribution >= 4 is 35.8 Å². The third kappa shape index (κ3) is 5.88. The first kappa shape index (κ1) is 17.5. The van der Waals surface area contributed by atoms with Gasteiger partial charge in [-0.2, -0.15) is 0 Å². The minimum atomic E-state index is 0. The number of nitrogens with zero attached hydrogens (tertiary/aromatic N) is 3. The fraction of sp³-hybridized carbons (Fsp3) is 0.833. The molecule has 106 valence electrons. The standard InChI is InChI=1S/C12H24N4O.HI/c1-10-5-4-8-16(9-10)12(13)14-7-6-11(17)15(2)3;/h10H,4-9H2,1-3H3,(H2,13,14);1H. The molecular weight excluding hydrogens is 343 g/mol. The number of piperidine rings is 1. The molecule has 0 saturated carbocycles. The number of halogens is 1.